The molecule has 0 aliphatic carbocycles. The summed E-state index contributed by atoms with van der Waals surface area (Å²) in [6, 6.07) is 45.5. The van der Waals surface area contributed by atoms with Gasteiger partial charge < -0.3 is 19.7 Å². The number of para-hydroxylation sites is 2. The molecule has 0 aromatic heterocycles. The molecule has 7 aromatic rings. The molecule has 0 unspecified atom stereocenters. The minimum atomic E-state index is -3.94. The molecule has 0 saturated carbocycles. The van der Waals surface area contributed by atoms with Crippen molar-refractivity contribution < 1.29 is 46.1 Å². The lowest BCUT2D eigenvalue weighted by Crippen LogP contribution is -2.15. The summed E-state index contributed by atoms with van der Waals surface area (Å²) in [6.07, 6.45) is 3.69. The second kappa shape index (κ2) is 21.3. The van der Waals surface area contributed by atoms with E-state index in [1.165, 1.54) is 20.3 Å². The van der Waals surface area contributed by atoms with Gasteiger partial charge in [0.2, 0.25) is 0 Å². The number of hydrogen-bond acceptors (Lipinski definition) is 8. The Hall–Kier alpha value is -7.16. The minimum Gasteiger partial charge on any atom is -0.497 e. The van der Waals surface area contributed by atoms with E-state index in [9.17, 15) is 36.6 Å². The number of carboxylic acids is 2. The number of nitrogens with one attached hydrogen (secondary N) is 2. The third-order valence-corrected chi connectivity index (χ3v) is 13.3. The Balaban J connectivity index is 0.000000213. The Bertz CT molecular complexity index is 2980. The third-order valence-electron chi connectivity index (χ3n) is 10.5. The van der Waals surface area contributed by atoms with Crippen molar-refractivity contribution >= 4 is 54.1 Å². The van der Waals surface area contributed by atoms with Crippen molar-refractivity contribution in [3.63, 3.8) is 0 Å². The summed E-state index contributed by atoms with van der Waals surface area (Å²) in [7, 11) is -4.86. The van der Waals surface area contributed by atoms with Crippen LogP contribution in [0.2, 0.25) is 0 Å². The summed E-state index contributed by atoms with van der Waals surface area (Å²) in [5.74, 6) is -1.29. The van der Waals surface area contributed by atoms with Gasteiger partial charge in [-0.25, -0.2) is 26.4 Å². The fraction of sp³-hybridized carbons (Fsp3) is 0.160. The van der Waals surface area contributed by atoms with Gasteiger partial charge in [-0.15, -0.1) is 0 Å². The summed E-state index contributed by atoms with van der Waals surface area (Å²) in [4.78, 5) is 23.0. The van der Waals surface area contributed by atoms with Gasteiger partial charge in [0.1, 0.15) is 16.4 Å². The van der Waals surface area contributed by atoms with Crippen LogP contribution in [0, 0.1) is 0 Å². The summed E-state index contributed by atoms with van der Waals surface area (Å²) >= 11 is 0. The molecule has 0 amide bonds. The summed E-state index contributed by atoms with van der Waals surface area (Å²) in [5, 5.41) is 20.2. The van der Waals surface area contributed by atoms with E-state index in [1.807, 2.05) is 66.7 Å². The molecular formula is C50H48N2O10S2. The van der Waals surface area contributed by atoms with Crippen LogP contribution in [0.5, 0.6) is 11.5 Å². The molecule has 0 atom stereocenters. The maximum absolute atomic E-state index is 13.2. The first-order chi connectivity index (χ1) is 30.8. The molecule has 330 valence electrons. The van der Waals surface area contributed by atoms with E-state index in [-0.39, 0.29) is 21.1 Å². The molecule has 14 heteroatoms. The van der Waals surface area contributed by atoms with Gasteiger partial charge in [-0.05, 0) is 109 Å². The first kappa shape index (κ1) is 46.3. The van der Waals surface area contributed by atoms with Crippen LogP contribution in [0.4, 0.5) is 11.4 Å². The normalized spacial score (nSPS) is 11.2. The Kier molecular flexibility index (Phi) is 15.4. The smallest absolute Gasteiger partial charge is 0.335 e. The number of benzene rings is 7. The maximum atomic E-state index is 13.2. The zero-order valence-corrected chi connectivity index (χ0v) is 36.9. The topological polar surface area (TPSA) is 185 Å². The number of aromatic carboxylic acids is 2. The van der Waals surface area contributed by atoms with Crippen LogP contribution in [-0.2, 0) is 45.7 Å². The van der Waals surface area contributed by atoms with E-state index in [0.717, 1.165) is 27.6 Å². The summed E-state index contributed by atoms with van der Waals surface area (Å²) < 4.78 is 68.4. The largest absolute Gasteiger partial charge is 0.497 e. The predicted molar refractivity (Wildman–Crippen MR) is 249 cm³/mol. The van der Waals surface area contributed by atoms with E-state index in [2.05, 4.69) is 9.44 Å². The van der Waals surface area contributed by atoms with Gasteiger partial charge >= 0.3 is 11.9 Å². The van der Waals surface area contributed by atoms with Crippen molar-refractivity contribution in [3.8, 4) is 11.5 Å². The highest BCUT2D eigenvalue weighted by atomic mass is 32.2. The van der Waals surface area contributed by atoms with Crippen LogP contribution in [0.25, 0.3) is 10.8 Å². The number of hydrogen-bond donors (Lipinski definition) is 4. The molecule has 4 N–H and O–H groups in total. The predicted octanol–water partition coefficient (Wildman–Crippen LogP) is 9.89. The van der Waals surface area contributed by atoms with Gasteiger partial charge in [-0.3, -0.25) is 9.44 Å². The van der Waals surface area contributed by atoms with E-state index >= 15 is 0 Å². The fourth-order valence-corrected chi connectivity index (χ4v) is 9.95. The summed E-state index contributed by atoms with van der Waals surface area (Å²) in [5.41, 5.74) is 4.78. The molecule has 0 aliphatic heterocycles. The first-order valence-electron chi connectivity index (χ1n) is 20.3. The van der Waals surface area contributed by atoms with Crippen LogP contribution in [0.1, 0.15) is 55.8 Å². The lowest BCUT2D eigenvalue weighted by Gasteiger charge is -2.15. The summed E-state index contributed by atoms with van der Waals surface area (Å²) in [6.45, 7) is 0. The minimum absolute atomic E-state index is 0.0236. The lowest BCUT2D eigenvalue weighted by atomic mass is 9.99. The van der Waals surface area contributed by atoms with Gasteiger partial charge in [0.05, 0.1) is 41.6 Å². The van der Waals surface area contributed by atoms with Crippen LogP contribution in [0.3, 0.4) is 0 Å². The number of ether oxygens (including phenoxy) is 2. The number of methoxy groups -OCH3 is 2. The number of anilines is 2. The molecule has 0 heterocycles. The van der Waals surface area contributed by atoms with Crippen molar-refractivity contribution in [2.24, 2.45) is 0 Å². The van der Waals surface area contributed by atoms with Gasteiger partial charge in [0.15, 0.2) is 0 Å². The van der Waals surface area contributed by atoms with Gasteiger partial charge in [-0.1, -0.05) is 109 Å². The quantitative estimate of drug-likeness (QED) is 0.0646. The molecule has 0 fully saturated rings. The monoisotopic (exact) mass is 900 g/mol. The average molecular weight is 901 g/mol. The second-order valence-corrected chi connectivity index (χ2v) is 18.0. The van der Waals surface area contributed by atoms with Crippen molar-refractivity contribution in [1.82, 2.24) is 0 Å². The Morgan fingerprint density at radius 3 is 1.44 bits per heavy atom. The molecule has 7 rings (SSSR count). The van der Waals surface area contributed by atoms with Gasteiger partial charge in [0.25, 0.3) is 20.0 Å². The number of aryl methyl sites for hydroxylation is 4. The molecule has 0 bridgehead atoms. The standard InChI is InChI=1S/C26H23NO4S.C24H25NO6S/c28-26(29)23-16-5-2-10-20(23)12-7-14-21-11-3-6-17-24(21)27-32(30,31)25-18-8-13-19-9-1-4-15-22(19)25;1-30-19-14-15-22(31-2)23(16-19)32(28,29)25-21-13-6-4-9-18(21)11-7-10-17-8-3-5-12-20(17)24(26)27/h1-6,8-11,13,15-18,27H,7,12,14H2,(H,28,29);3-6,8-9,12-16,25H,7,10-11H2,1-2H3,(H,26,27). The number of carbonyl (C=O) groups is 2. The van der Waals surface area contributed by atoms with Crippen LogP contribution in [-0.4, -0.2) is 53.2 Å². The maximum Gasteiger partial charge on any atom is 0.335 e. The number of sulfonamides is 2. The van der Waals surface area contributed by atoms with Crippen molar-refractivity contribution in [1.29, 1.82) is 0 Å². The van der Waals surface area contributed by atoms with Crippen LogP contribution < -0.4 is 18.9 Å². The number of fused-ring (bicyclic) bond motifs is 1. The Morgan fingerprint density at radius 2 is 0.922 bits per heavy atom. The molecule has 0 spiro atoms. The molecule has 7 aromatic carbocycles. The van der Waals surface area contributed by atoms with E-state index in [4.69, 9.17) is 9.47 Å². The molecule has 64 heavy (non-hydrogen) atoms. The van der Waals surface area contributed by atoms with Gasteiger partial charge in [0, 0.05) is 11.5 Å². The highest BCUT2D eigenvalue weighted by molar-refractivity contribution is 7.93. The van der Waals surface area contributed by atoms with Crippen LogP contribution in [0.15, 0.2) is 168 Å². The fourth-order valence-electron chi connectivity index (χ4n) is 7.33. The molecule has 0 aliphatic rings. The van der Waals surface area contributed by atoms with Crippen molar-refractivity contribution in [3.05, 3.63) is 191 Å². The average Bonchev–Trinajstić information content (AvgIpc) is 3.30. The first-order valence-corrected chi connectivity index (χ1v) is 23.3. The highest BCUT2D eigenvalue weighted by Gasteiger charge is 2.23. The van der Waals surface area contributed by atoms with Gasteiger partial charge in [-0.2, -0.15) is 0 Å². The Labute approximate surface area is 373 Å². The van der Waals surface area contributed by atoms with Crippen molar-refractivity contribution in [2.75, 3.05) is 23.7 Å². The van der Waals surface area contributed by atoms with E-state index < -0.39 is 32.0 Å². The molecule has 0 saturated heterocycles. The Morgan fingerprint density at radius 1 is 0.484 bits per heavy atom. The second-order valence-electron chi connectivity index (χ2n) is 14.7. The SMILES string of the molecule is COc1ccc(OC)c(S(=O)(=O)Nc2ccccc2CCCc2ccccc2C(=O)O)c1.O=C(O)c1ccccc1CCCc1ccccc1NS(=O)(=O)c1cccc2ccccc12. The van der Waals surface area contributed by atoms with E-state index in [0.29, 0.717) is 66.6 Å². The third kappa shape index (κ3) is 11.6. The van der Waals surface area contributed by atoms with Crippen LogP contribution >= 0.6 is 0 Å². The number of rotatable bonds is 18. The number of carboxylic acid groups (broad SMARTS) is 2. The zero-order valence-electron chi connectivity index (χ0n) is 35.2. The zero-order chi connectivity index (χ0) is 45.7. The lowest BCUT2D eigenvalue weighted by molar-refractivity contribution is 0.0684. The molecular weight excluding hydrogens is 853 g/mol. The highest BCUT2D eigenvalue weighted by Crippen LogP contribution is 2.31. The van der Waals surface area contributed by atoms with Crippen molar-refractivity contribution in [2.45, 2.75) is 48.3 Å². The van der Waals surface area contributed by atoms with E-state index in [1.54, 1.807) is 84.9 Å². The molecule has 0 radical (unpaired) electrons. The molecule has 12 nitrogen and oxygen atoms in total.